The first kappa shape index (κ1) is 110. The minimum atomic E-state index is -1.10. The van der Waals surface area contributed by atoms with Crippen molar-refractivity contribution < 1.29 is 115 Å². The molecule has 758 valence electrons. The van der Waals surface area contributed by atoms with Gasteiger partial charge in [0.25, 0.3) is 17.7 Å². The number of amides is 15. The number of carbonyl (C=O) groups is 18. The fourth-order valence-electron chi connectivity index (χ4n) is 19.7. The lowest BCUT2D eigenvalue weighted by atomic mass is 9.80. The van der Waals surface area contributed by atoms with E-state index in [1.807, 2.05) is 132 Å². The second-order valence-corrected chi connectivity index (χ2v) is 45.2. The van der Waals surface area contributed by atoms with Crippen molar-refractivity contribution >= 4 is 107 Å². The molecule has 10 aliphatic rings. The van der Waals surface area contributed by atoms with Gasteiger partial charge in [0.2, 0.25) is 52.8 Å². The molecule has 0 radical (unpaired) electrons. The van der Waals surface area contributed by atoms with Gasteiger partial charge in [0.15, 0.2) is 0 Å². The zero-order valence-electron chi connectivity index (χ0n) is 83.6. The van der Waals surface area contributed by atoms with Crippen LogP contribution in [0.2, 0.25) is 0 Å². The Balaban J connectivity index is 0.000000249. The van der Waals surface area contributed by atoms with Crippen LogP contribution in [-0.2, 0) is 86.0 Å². The number of nitrogens with two attached hydrogens (primary N) is 2. The second kappa shape index (κ2) is 44.8. The van der Waals surface area contributed by atoms with Gasteiger partial charge in [-0.3, -0.25) is 57.5 Å². The number of piperidine rings is 3. The third kappa shape index (κ3) is 28.0. The molecule has 3 unspecified atom stereocenters. The number of fused-ring (bicyclic) bond motifs is 3. The van der Waals surface area contributed by atoms with Crippen molar-refractivity contribution in [2.45, 2.75) is 314 Å². The van der Waals surface area contributed by atoms with E-state index in [2.05, 4.69) is 83.1 Å². The summed E-state index contributed by atoms with van der Waals surface area (Å²) >= 11 is 0. The molecule has 0 spiro atoms. The van der Waals surface area contributed by atoms with Gasteiger partial charge in [-0.2, -0.15) is 0 Å². The highest BCUT2D eigenvalue weighted by atomic mass is 16.7. The summed E-state index contributed by atoms with van der Waals surface area (Å²) in [5.41, 5.74) is 7.36. The molecule has 0 bridgehead atoms. The van der Waals surface area contributed by atoms with Gasteiger partial charge in [-0.15, -0.1) is 6.58 Å². The normalized spacial score (nSPS) is 24.5. The summed E-state index contributed by atoms with van der Waals surface area (Å²) in [6.07, 6.45) is 11.0. The van der Waals surface area contributed by atoms with Gasteiger partial charge in [-0.25, -0.2) is 28.8 Å². The lowest BCUT2D eigenvalue weighted by Crippen LogP contribution is -2.62. The number of ether oxygens (including phenoxy) is 6. The molecular formula is C96H155N15O24. The summed E-state index contributed by atoms with van der Waals surface area (Å²) in [7, 11) is 2.40. The van der Waals surface area contributed by atoms with E-state index >= 15 is 0 Å². The number of primary amides is 2. The highest BCUT2D eigenvalue weighted by Crippen LogP contribution is 2.67. The predicted octanol–water partition coefficient (Wildman–Crippen LogP) is 6.90. The van der Waals surface area contributed by atoms with E-state index in [9.17, 15) is 86.3 Å². The molecule has 39 nitrogen and oxygen atoms in total. The summed E-state index contributed by atoms with van der Waals surface area (Å²) in [5.74, 6) is -7.53. The van der Waals surface area contributed by atoms with Crippen LogP contribution in [0, 0.1) is 103 Å². The molecule has 0 aromatic rings. The topological polar surface area (TPSA) is 545 Å². The van der Waals surface area contributed by atoms with E-state index in [1.165, 1.54) is 35.0 Å². The molecular weight excluding hydrogens is 1750 g/mol. The largest absolute Gasteiger partial charge is 0.508 e. The highest BCUT2D eigenvalue weighted by molar-refractivity contribution is 6.39. The standard InChI is InChI=1S/C34H55N5O8.C31H49N5O8.C31H51N5O8/c1-32(2,3)22(17-47-31(45)46-16-19-12-13-19)37-30(44)38-26(33(4,5)6)29(43)39-15-20-23(34(20,7)8)24(39)28(42)36-21(25(40)27(35)41)14-18-10-9-11-18;1-30(2,3)24(35-28(41)34-20(17-11-8-12-17)15-44-29(42)43-6)27(40)36-14-18-21(31(18,4)5)22(36)26(39)33-19(23(37)25(32)38)13-16-9-7-10-16;1-11-13-19(23(37)26(39)32-14-12-2)33-25(38)22-21-18(31(21,8)9)15-36(22)27(40)24(30(5,6)7)35-28(41)34-20(17(3)4)16-44-29(42)43-10/h18-24,26H,9-17H2,1-8H3,(H2,35,41)(H,36,42)(H2,37,38,44);16-22,24H,7-15H2,1-6H3,(H2,32,38)(H,33,39)(H2,34,35,41);12,17-22,24H,2,11,13-16H2,1,3-10H3,(H,32,39)(H,33,38)(H2,34,35,41)/t20-,21?,22+,23-,24-,26+;2*18-,19?,20+,21-,22-,24+/m000/s1. The highest BCUT2D eigenvalue weighted by Gasteiger charge is 2.73. The van der Waals surface area contributed by atoms with Gasteiger partial charge in [0.05, 0.1) is 57.1 Å². The quantitative estimate of drug-likeness (QED) is 0.0129. The van der Waals surface area contributed by atoms with E-state index in [0.717, 1.165) is 70.6 Å². The zero-order valence-corrected chi connectivity index (χ0v) is 83.6. The van der Waals surface area contributed by atoms with Crippen LogP contribution in [0.25, 0.3) is 0 Å². The molecule has 3 saturated heterocycles. The molecule has 10 fully saturated rings. The Labute approximate surface area is 794 Å². The molecule has 15 amide bonds. The van der Waals surface area contributed by atoms with Crippen molar-refractivity contribution in [3.8, 4) is 0 Å². The number of Topliss-reactive ketones (excluding diaryl/α,β-unsaturated/α-hetero) is 3. The first-order chi connectivity index (χ1) is 62.7. The maximum absolute atomic E-state index is 14.3. The molecule has 18 atom stereocenters. The average molecular weight is 1900 g/mol. The maximum Gasteiger partial charge on any atom is 0.508 e. The maximum atomic E-state index is 14.3. The number of nitrogens with one attached hydrogen (secondary N) is 10. The zero-order chi connectivity index (χ0) is 101. The minimum Gasteiger partial charge on any atom is -0.438 e. The summed E-state index contributed by atoms with van der Waals surface area (Å²) in [6, 6.07) is -12.2. The van der Waals surface area contributed by atoms with Gasteiger partial charge in [-0.1, -0.05) is 203 Å². The fraction of sp³-hybridized carbons (Fsp3) is 0.792. The first-order valence-corrected chi connectivity index (χ1v) is 48.0. The van der Waals surface area contributed by atoms with Crippen LogP contribution in [0.3, 0.4) is 0 Å². The molecule has 14 N–H and O–H groups in total. The third-order valence-electron chi connectivity index (χ3n) is 29.7. The SMILES string of the molecule is C=CCNC(=O)C(=O)C(CCC)NC(=O)[C@@H]1[C@@H]2[C@H](CN1C(=O)[C@@H](NC(=O)N[C@H](COC(=O)OC)C(C)C)C(C)(C)C)C2(C)C.CC(C)(C)[C@H](NC(=O)N[C@H](COC(=O)OCC1CC1)C(C)(C)C)C(=O)N1C[C@H]2[C@@H]([C@H]1C(=O)NC(CC1CCC1)C(=O)C(N)=O)C2(C)C.COC(=O)OC[C@@H](NC(=O)N[C@H](C(=O)N1C[C@H]2[C@@H]([C@H]1C(=O)NC(CC1CCC1)C(=O)C(N)=O)C2(C)C)C(C)(C)C)C1CCC1. The fourth-order valence-corrected chi connectivity index (χ4v) is 19.7. The van der Waals surface area contributed by atoms with Crippen molar-refractivity contribution in [3.63, 3.8) is 0 Å². The Kier molecular flexibility index (Phi) is 36.5. The molecule has 7 aliphatic carbocycles. The van der Waals surface area contributed by atoms with Crippen molar-refractivity contribution in [2.75, 3.05) is 66.8 Å². The summed E-state index contributed by atoms with van der Waals surface area (Å²) in [5, 5.41) is 27.8. The Morgan fingerprint density at radius 3 is 1.11 bits per heavy atom. The van der Waals surface area contributed by atoms with Crippen LogP contribution in [0.4, 0.5) is 28.8 Å². The monoisotopic (exact) mass is 1900 g/mol. The lowest BCUT2D eigenvalue weighted by molar-refractivity contribution is -0.145. The summed E-state index contributed by atoms with van der Waals surface area (Å²) in [6.45, 7) is 44.5. The van der Waals surface area contributed by atoms with Crippen LogP contribution in [0.1, 0.15) is 242 Å². The van der Waals surface area contributed by atoms with Crippen molar-refractivity contribution in [1.82, 2.24) is 67.9 Å². The smallest absolute Gasteiger partial charge is 0.438 e. The molecule has 135 heavy (non-hydrogen) atoms. The van der Waals surface area contributed by atoms with Crippen molar-refractivity contribution in [3.05, 3.63) is 12.7 Å². The summed E-state index contributed by atoms with van der Waals surface area (Å²) < 4.78 is 29.6. The van der Waals surface area contributed by atoms with Crippen LogP contribution >= 0.6 is 0 Å². The molecule has 0 aromatic carbocycles. The number of urea groups is 3. The lowest BCUT2D eigenvalue weighted by Gasteiger charge is -2.39. The Morgan fingerprint density at radius 1 is 0.430 bits per heavy atom. The van der Waals surface area contributed by atoms with E-state index in [1.54, 1.807) is 0 Å². The Hall–Kier alpha value is -10.4. The molecule has 39 heteroatoms. The summed E-state index contributed by atoms with van der Waals surface area (Å²) in [4.78, 5) is 238. The Bertz CT molecular complexity index is 4370. The van der Waals surface area contributed by atoms with Gasteiger partial charge in [0.1, 0.15) is 56.1 Å². The first-order valence-electron chi connectivity index (χ1n) is 48.0. The number of nitrogens with zero attached hydrogens (tertiary/aromatic N) is 3. The Morgan fingerprint density at radius 2 is 0.793 bits per heavy atom. The van der Waals surface area contributed by atoms with Crippen molar-refractivity contribution in [1.29, 1.82) is 0 Å². The molecule has 3 heterocycles. The second-order valence-electron chi connectivity index (χ2n) is 45.2. The minimum absolute atomic E-state index is 0.0578. The van der Waals surface area contributed by atoms with Gasteiger partial charge in [0, 0.05) is 26.2 Å². The number of hydrogen-bond donors (Lipinski definition) is 12. The van der Waals surface area contributed by atoms with Gasteiger partial charge >= 0.3 is 36.6 Å². The van der Waals surface area contributed by atoms with E-state index < -0.39 is 201 Å². The molecule has 3 aliphatic heterocycles. The predicted molar refractivity (Wildman–Crippen MR) is 494 cm³/mol. The average Bonchev–Trinajstić information content (AvgIpc) is 1.53. The van der Waals surface area contributed by atoms with Crippen molar-refractivity contribution in [2.24, 2.45) is 114 Å². The number of methoxy groups -OCH3 is 2. The van der Waals surface area contributed by atoms with Gasteiger partial charge in [-0.05, 0) is 148 Å². The third-order valence-corrected chi connectivity index (χ3v) is 29.7. The van der Waals surface area contributed by atoms with Crippen LogP contribution in [0.5, 0.6) is 0 Å². The number of rotatable bonds is 39. The van der Waals surface area contributed by atoms with Crippen LogP contribution in [0.15, 0.2) is 12.7 Å². The van der Waals surface area contributed by atoms with E-state index in [-0.39, 0.29) is 108 Å². The van der Waals surface area contributed by atoms with E-state index in [4.69, 9.17) is 30.4 Å². The molecule has 10 rings (SSSR count). The van der Waals surface area contributed by atoms with Crippen LogP contribution < -0.4 is 64.6 Å². The number of likely N-dealkylation sites (tertiary alicyclic amines) is 3. The molecule has 0 aromatic heterocycles. The van der Waals surface area contributed by atoms with E-state index in [0.29, 0.717) is 51.4 Å². The van der Waals surface area contributed by atoms with Crippen LogP contribution in [-0.4, -0.2) is 261 Å². The van der Waals surface area contributed by atoms with Gasteiger partial charge < -0.3 is 108 Å². The number of hydrogen-bond acceptors (Lipinski definition) is 24. The molecule has 7 saturated carbocycles. The number of ketones is 3. The number of carbonyl (C=O) groups excluding carboxylic acids is 18.